The van der Waals surface area contributed by atoms with Gasteiger partial charge in [0.25, 0.3) is 0 Å². The van der Waals surface area contributed by atoms with Gasteiger partial charge in [-0.15, -0.1) is 5.10 Å². The molecule has 0 aliphatic heterocycles. The Hall–Kier alpha value is -3.76. The maximum Gasteiger partial charge on any atom is 0.303 e. The molecular weight excluding hydrogens is 380 g/mol. The van der Waals surface area contributed by atoms with Crippen molar-refractivity contribution < 1.29 is 24.3 Å². The van der Waals surface area contributed by atoms with Gasteiger partial charge in [0.05, 0.1) is 24.1 Å². The van der Waals surface area contributed by atoms with Crippen LogP contribution in [-0.4, -0.2) is 56.4 Å². The van der Waals surface area contributed by atoms with Crippen molar-refractivity contribution in [1.82, 2.24) is 25.6 Å². The molecule has 3 amide bonds. The van der Waals surface area contributed by atoms with Gasteiger partial charge in [0.2, 0.25) is 17.7 Å². The number of carboxylic acid groups (broad SMARTS) is 1. The van der Waals surface area contributed by atoms with Gasteiger partial charge >= 0.3 is 5.97 Å². The molecule has 0 spiro atoms. The second-order valence-corrected chi connectivity index (χ2v) is 6.23. The first-order valence-electron chi connectivity index (χ1n) is 8.89. The summed E-state index contributed by atoms with van der Waals surface area (Å²) < 4.78 is 1.58. The van der Waals surface area contributed by atoms with Crippen molar-refractivity contribution in [2.75, 3.05) is 6.54 Å². The van der Waals surface area contributed by atoms with Gasteiger partial charge in [-0.1, -0.05) is 23.4 Å². The normalized spacial score (nSPS) is 11.4. The number of amides is 3. The lowest BCUT2D eigenvalue weighted by atomic mass is 10.1. The van der Waals surface area contributed by atoms with Crippen LogP contribution in [0.2, 0.25) is 0 Å². The number of aryl methyl sites for hydroxylation is 1. The predicted octanol–water partition coefficient (Wildman–Crippen LogP) is -0.849. The zero-order valence-corrected chi connectivity index (χ0v) is 15.6. The van der Waals surface area contributed by atoms with Crippen molar-refractivity contribution in [3.63, 3.8) is 0 Å². The quantitative estimate of drug-likeness (QED) is 0.379. The maximum absolute atomic E-state index is 12.2. The molecule has 1 heterocycles. The third-order valence-corrected chi connectivity index (χ3v) is 3.91. The van der Waals surface area contributed by atoms with Crippen molar-refractivity contribution in [2.45, 2.75) is 31.7 Å². The van der Waals surface area contributed by atoms with E-state index in [0.29, 0.717) is 5.69 Å². The number of benzene rings is 1. The molecular formula is C18H22N6O5. The monoisotopic (exact) mass is 402 g/mol. The van der Waals surface area contributed by atoms with Gasteiger partial charge in [-0.3, -0.25) is 19.2 Å². The summed E-state index contributed by atoms with van der Waals surface area (Å²) in [5, 5.41) is 21.6. The summed E-state index contributed by atoms with van der Waals surface area (Å²) in [7, 11) is 0. The number of nitrogens with one attached hydrogen (secondary N) is 2. The van der Waals surface area contributed by atoms with Crippen LogP contribution in [0, 0.1) is 0 Å². The molecule has 1 aromatic heterocycles. The number of para-hydroxylation sites is 1. The maximum atomic E-state index is 12.2. The van der Waals surface area contributed by atoms with Crippen molar-refractivity contribution in [3.05, 3.63) is 42.2 Å². The summed E-state index contributed by atoms with van der Waals surface area (Å²) in [6.45, 7) is -0.402. The SMILES string of the molecule is NC(=O)CNC(=O)[C@H](CCC(=O)O)NC(=O)CCc1cn(-c2ccccc2)nn1. The van der Waals surface area contributed by atoms with Gasteiger partial charge in [-0.25, -0.2) is 4.68 Å². The zero-order valence-electron chi connectivity index (χ0n) is 15.6. The standard InChI is InChI=1S/C18H22N6O5/c19-15(25)10-20-18(29)14(7-9-17(27)28)21-16(26)8-6-12-11-24(23-22-12)13-4-2-1-3-5-13/h1-5,11,14H,6-10H2,(H2,19,25)(H,20,29)(H,21,26)(H,27,28)/t14-/m0/s1. The van der Waals surface area contributed by atoms with Crippen LogP contribution < -0.4 is 16.4 Å². The molecule has 1 atom stereocenters. The van der Waals surface area contributed by atoms with Gasteiger partial charge in [0.15, 0.2) is 0 Å². The second kappa shape index (κ2) is 10.5. The summed E-state index contributed by atoms with van der Waals surface area (Å²) in [4.78, 5) is 45.8. The first kappa shape index (κ1) is 21.5. The Kier molecular flexibility index (Phi) is 7.83. The lowest BCUT2D eigenvalue weighted by Crippen LogP contribution is -2.48. The van der Waals surface area contributed by atoms with Crippen LogP contribution in [0.4, 0.5) is 0 Å². The fraction of sp³-hybridized carbons (Fsp3) is 0.333. The molecule has 0 saturated heterocycles. The minimum atomic E-state index is -1.11. The number of carboxylic acids is 1. The van der Waals surface area contributed by atoms with E-state index in [1.807, 2.05) is 30.3 Å². The van der Waals surface area contributed by atoms with E-state index < -0.39 is 36.3 Å². The molecule has 0 aliphatic carbocycles. The van der Waals surface area contributed by atoms with Crippen LogP contribution in [0.3, 0.4) is 0 Å². The van der Waals surface area contributed by atoms with Gasteiger partial charge < -0.3 is 21.5 Å². The Morgan fingerprint density at radius 3 is 2.52 bits per heavy atom. The summed E-state index contributed by atoms with van der Waals surface area (Å²) in [5.74, 6) is -2.98. The van der Waals surface area contributed by atoms with E-state index in [4.69, 9.17) is 10.8 Å². The highest BCUT2D eigenvalue weighted by Gasteiger charge is 2.22. The molecule has 2 rings (SSSR count). The van der Waals surface area contributed by atoms with E-state index in [0.717, 1.165) is 5.69 Å². The number of carbonyl (C=O) groups excluding carboxylic acids is 3. The Bertz CT molecular complexity index is 867. The van der Waals surface area contributed by atoms with Gasteiger partial charge in [0, 0.05) is 19.3 Å². The third-order valence-electron chi connectivity index (χ3n) is 3.91. The number of rotatable bonds is 11. The van der Waals surface area contributed by atoms with E-state index in [1.54, 1.807) is 10.9 Å². The van der Waals surface area contributed by atoms with Crippen molar-refractivity contribution >= 4 is 23.7 Å². The van der Waals surface area contributed by atoms with E-state index in [1.165, 1.54) is 0 Å². The average molecular weight is 402 g/mol. The molecule has 2 aromatic rings. The van der Waals surface area contributed by atoms with Crippen molar-refractivity contribution in [1.29, 1.82) is 0 Å². The number of nitrogens with zero attached hydrogens (tertiary/aromatic N) is 3. The Balaban J connectivity index is 1.90. The van der Waals surface area contributed by atoms with Crippen molar-refractivity contribution in [3.8, 4) is 5.69 Å². The highest BCUT2D eigenvalue weighted by molar-refractivity contribution is 5.90. The number of aliphatic carboxylic acids is 1. The fourth-order valence-corrected chi connectivity index (χ4v) is 2.46. The molecule has 0 fully saturated rings. The van der Waals surface area contributed by atoms with Gasteiger partial charge in [-0.05, 0) is 18.6 Å². The molecule has 154 valence electrons. The first-order valence-corrected chi connectivity index (χ1v) is 8.89. The van der Waals surface area contributed by atoms with Gasteiger partial charge in [-0.2, -0.15) is 0 Å². The number of primary amides is 1. The van der Waals surface area contributed by atoms with Crippen LogP contribution >= 0.6 is 0 Å². The van der Waals surface area contributed by atoms with Crippen LogP contribution in [0.5, 0.6) is 0 Å². The largest absolute Gasteiger partial charge is 0.481 e. The summed E-state index contributed by atoms with van der Waals surface area (Å²) >= 11 is 0. The molecule has 29 heavy (non-hydrogen) atoms. The summed E-state index contributed by atoms with van der Waals surface area (Å²) in [6.07, 6.45) is 1.58. The number of aromatic nitrogens is 3. The van der Waals surface area contributed by atoms with Gasteiger partial charge in [0.1, 0.15) is 6.04 Å². The predicted molar refractivity (Wildman–Crippen MR) is 101 cm³/mol. The summed E-state index contributed by atoms with van der Waals surface area (Å²) in [6, 6.07) is 8.26. The van der Waals surface area contributed by atoms with Crippen LogP contribution in [0.1, 0.15) is 25.0 Å². The topological polar surface area (TPSA) is 169 Å². The molecule has 5 N–H and O–H groups in total. The zero-order chi connectivity index (χ0) is 21.2. The van der Waals surface area contributed by atoms with E-state index in [-0.39, 0.29) is 25.7 Å². The Labute approximate surface area is 166 Å². The minimum Gasteiger partial charge on any atom is -0.481 e. The van der Waals surface area contributed by atoms with Crippen molar-refractivity contribution in [2.24, 2.45) is 5.73 Å². The lowest BCUT2D eigenvalue weighted by molar-refractivity contribution is -0.138. The Morgan fingerprint density at radius 2 is 1.86 bits per heavy atom. The molecule has 1 aromatic carbocycles. The highest BCUT2D eigenvalue weighted by atomic mass is 16.4. The molecule has 0 radical (unpaired) electrons. The third kappa shape index (κ3) is 7.40. The van der Waals surface area contributed by atoms with E-state index >= 15 is 0 Å². The molecule has 0 bridgehead atoms. The molecule has 0 unspecified atom stereocenters. The molecule has 0 aliphatic rings. The number of hydrogen-bond acceptors (Lipinski definition) is 6. The average Bonchev–Trinajstić information content (AvgIpc) is 3.17. The Morgan fingerprint density at radius 1 is 1.14 bits per heavy atom. The molecule has 11 nitrogen and oxygen atoms in total. The van der Waals surface area contributed by atoms with E-state index in [9.17, 15) is 19.2 Å². The number of hydrogen-bond donors (Lipinski definition) is 4. The van der Waals surface area contributed by atoms with Crippen LogP contribution in [0.25, 0.3) is 5.69 Å². The molecule has 11 heteroatoms. The second-order valence-electron chi connectivity index (χ2n) is 6.23. The minimum absolute atomic E-state index is 0.0279. The molecule has 0 saturated carbocycles. The number of nitrogens with two attached hydrogens (primary N) is 1. The smallest absolute Gasteiger partial charge is 0.303 e. The van der Waals surface area contributed by atoms with Crippen LogP contribution in [0.15, 0.2) is 36.5 Å². The summed E-state index contributed by atoms with van der Waals surface area (Å²) in [5.41, 5.74) is 6.39. The highest BCUT2D eigenvalue weighted by Crippen LogP contribution is 2.07. The lowest BCUT2D eigenvalue weighted by Gasteiger charge is -2.17. The number of carbonyl (C=O) groups is 4. The first-order chi connectivity index (χ1) is 13.8. The van der Waals surface area contributed by atoms with Crippen LogP contribution in [-0.2, 0) is 25.6 Å². The fourth-order valence-electron chi connectivity index (χ4n) is 2.46. The van der Waals surface area contributed by atoms with E-state index in [2.05, 4.69) is 20.9 Å².